The first kappa shape index (κ1) is 47.8. The summed E-state index contributed by atoms with van der Waals surface area (Å²) >= 11 is 1.31. The van der Waals surface area contributed by atoms with Gasteiger partial charge in [0.05, 0.1) is 64.0 Å². The summed E-state index contributed by atoms with van der Waals surface area (Å²) in [6, 6.07) is 27.0. The number of hydrogen-bond acceptors (Lipinski definition) is 19. The van der Waals surface area contributed by atoms with Crippen LogP contribution in [0, 0.1) is 0 Å². The quantitative estimate of drug-likeness (QED) is 0.0182. The fourth-order valence-corrected chi connectivity index (χ4v) is 5.01. The normalized spacial score (nSPS) is 11.1. The molecule has 0 saturated heterocycles. The molecule has 0 aliphatic carbocycles. The molecule has 5 rings (SSSR count). The zero-order valence-corrected chi connectivity index (χ0v) is 36.6. The maximum absolute atomic E-state index is 11.1. The number of benzene rings is 5. The van der Waals surface area contributed by atoms with Gasteiger partial charge in [-0.3, -0.25) is 10.1 Å². The van der Waals surface area contributed by atoms with Crippen LogP contribution in [0.25, 0.3) is 10.8 Å². The van der Waals surface area contributed by atoms with Crippen LogP contribution in [0.3, 0.4) is 0 Å². The number of carbonyl (C=O) groups excluding carboxylic acids is 1. The fourth-order valence-electron chi connectivity index (χ4n) is 4.17. The Balaban J connectivity index is 0.00000336. The van der Waals surface area contributed by atoms with Gasteiger partial charge in [0.25, 0.3) is 0 Å². The first-order chi connectivity index (χ1) is 24.9. The predicted octanol–water partition coefficient (Wildman–Crippen LogP) is -2.21. The van der Waals surface area contributed by atoms with E-state index in [1.807, 2.05) is 0 Å². The fraction of sp³-hybridized carbons (Fsp3) is 0.0938. The SMILES string of the molecule is O=C([O-])CCOCNc1ccc(N=Nc2ccc3c(O)c(N=Nc4ccc(N=Nc5ccc(SOO[O-])cc5)cc4)c(SOO[O-])cc3c2)cc1.[Na+].[Na+].[Na+]. The summed E-state index contributed by atoms with van der Waals surface area (Å²) in [4.78, 5) is 11.3. The summed E-state index contributed by atoms with van der Waals surface area (Å²) in [7, 11) is 0. The van der Waals surface area contributed by atoms with Crippen LogP contribution in [0.15, 0.2) is 138 Å². The largest absolute Gasteiger partial charge is 1.00 e. The molecular weight excluding hydrogens is 775 g/mol. The Kier molecular flexibility index (Phi) is 22.8. The summed E-state index contributed by atoms with van der Waals surface area (Å²) < 4.78 is 14.0. The Morgan fingerprint density at radius 3 is 1.74 bits per heavy atom. The van der Waals surface area contributed by atoms with Crippen molar-refractivity contribution in [2.24, 2.45) is 30.7 Å². The van der Waals surface area contributed by atoms with E-state index in [1.54, 1.807) is 97.1 Å². The molecule has 0 aliphatic rings. The Hall–Kier alpha value is -2.35. The van der Waals surface area contributed by atoms with Crippen molar-refractivity contribution in [2.75, 3.05) is 18.7 Å². The Bertz CT molecular complexity index is 2020. The molecular formula is C32H24N7Na3O10S2. The van der Waals surface area contributed by atoms with Gasteiger partial charge in [-0.1, -0.05) is 0 Å². The number of anilines is 1. The van der Waals surface area contributed by atoms with Gasteiger partial charge in [0.1, 0.15) is 12.4 Å². The zero-order chi connectivity index (χ0) is 35.8. The topological polar surface area (TPSA) is 239 Å². The van der Waals surface area contributed by atoms with Gasteiger partial charge in [-0.25, -0.2) is 0 Å². The molecule has 0 atom stereocenters. The molecule has 0 aromatic heterocycles. The molecule has 0 unspecified atom stereocenters. The molecule has 22 heteroatoms. The summed E-state index contributed by atoms with van der Waals surface area (Å²) in [6.07, 6.45) is -0.185. The molecule has 0 spiro atoms. The second-order valence-corrected chi connectivity index (χ2v) is 11.4. The van der Waals surface area contributed by atoms with Crippen molar-refractivity contribution in [3.8, 4) is 5.75 Å². The van der Waals surface area contributed by atoms with E-state index in [2.05, 4.69) is 54.7 Å². The van der Waals surface area contributed by atoms with E-state index in [0.717, 1.165) is 17.7 Å². The number of phenols is 1. The number of ether oxygens (including phenoxy) is 1. The second kappa shape index (κ2) is 25.7. The third kappa shape index (κ3) is 15.3. The van der Waals surface area contributed by atoms with Crippen molar-refractivity contribution >= 4 is 80.6 Å². The van der Waals surface area contributed by atoms with Gasteiger partial charge in [0.15, 0.2) is 5.75 Å². The molecule has 0 heterocycles. The molecule has 0 bridgehead atoms. The molecule has 0 fully saturated rings. The van der Waals surface area contributed by atoms with Crippen molar-refractivity contribution in [2.45, 2.75) is 16.2 Å². The summed E-state index contributed by atoms with van der Waals surface area (Å²) in [6.45, 7) is 0.173. The summed E-state index contributed by atoms with van der Waals surface area (Å²) in [5.74, 6) is -1.39. The van der Waals surface area contributed by atoms with Crippen molar-refractivity contribution in [1.29, 1.82) is 0 Å². The van der Waals surface area contributed by atoms with Crippen molar-refractivity contribution in [3.05, 3.63) is 97.1 Å². The number of hydrogen-bond donors (Lipinski definition) is 2. The van der Waals surface area contributed by atoms with E-state index in [4.69, 9.17) is 4.74 Å². The van der Waals surface area contributed by atoms with Crippen LogP contribution in [-0.2, 0) is 28.3 Å². The number of carboxylic acid groups (broad SMARTS) is 1. The number of fused-ring (bicyclic) bond motifs is 1. The molecule has 0 radical (unpaired) electrons. The maximum atomic E-state index is 11.1. The first-order valence-electron chi connectivity index (χ1n) is 14.5. The van der Waals surface area contributed by atoms with E-state index < -0.39 is 5.97 Å². The van der Waals surface area contributed by atoms with Gasteiger partial charge in [-0.15, -0.1) is 5.11 Å². The summed E-state index contributed by atoms with van der Waals surface area (Å²) in [5, 5.41) is 78.2. The van der Waals surface area contributed by atoms with Gasteiger partial charge in [-0.05, 0) is 102 Å². The molecule has 0 amide bonds. The van der Waals surface area contributed by atoms with Gasteiger partial charge in [-0.2, -0.15) is 34.2 Å². The van der Waals surface area contributed by atoms with Crippen molar-refractivity contribution in [1.82, 2.24) is 0 Å². The Morgan fingerprint density at radius 2 is 1.17 bits per heavy atom. The molecule has 0 saturated carbocycles. The second-order valence-electron chi connectivity index (χ2n) is 9.92. The number of nitrogens with one attached hydrogen (secondary N) is 1. The van der Waals surface area contributed by atoms with Crippen LogP contribution in [0.2, 0.25) is 0 Å². The van der Waals surface area contributed by atoms with E-state index in [-0.39, 0.29) is 125 Å². The van der Waals surface area contributed by atoms with Crippen LogP contribution < -0.4 is 110 Å². The van der Waals surface area contributed by atoms with Crippen LogP contribution in [0.1, 0.15) is 6.42 Å². The van der Waals surface area contributed by atoms with Gasteiger partial charge in [0.2, 0.25) is 0 Å². The number of aromatic hydroxyl groups is 1. The summed E-state index contributed by atoms with van der Waals surface area (Å²) in [5.41, 5.74) is 3.37. The van der Waals surface area contributed by atoms with Crippen LogP contribution >= 0.6 is 24.1 Å². The van der Waals surface area contributed by atoms with Crippen LogP contribution in [0.4, 0.5) is 39.8 Å². The number of carboxylic acids is 1. The van der Waals surface area contributed by atoms with Gasteiger partial charge in [0, 0.05) is 28.4 Å². The zero-order valence-electron chi connectivity index (χ0n) is 29.0. The molecule has 5 aromatic rings. The number of aliphatic carboxylic acids is 1. The molecule has 54 heavy (non-hydrogen) atoms. The van der Waals surface area contributed by atoms with Crippen molar-refractivity contribution < 1.29 is 138 Å². The maximum Gasteiger partial charge on any atom is 1.00 e. The average Bonchev–Trinajstić information content (AvgIpc) is 3.15. The third-order valence-electron chi connectivity index (χ3n) is 6.55. The Labute approximate surface area is 382 Å². The van der Waals surface area contributed by atoms with E-state index >= 15 is 0 Å². The Morgan fingerprint density at radius 1 is 0.667 bits per heavy atom. The number of rotatable bonds is 18. The molecule has 2 N–H and O–H groups in total. The van der Waals surface area contributed by atoms with Gasteiger partial charge >= 0.3 is 88.7 Å². The van der Waals surface area contributed by atoms with E-state index in [9.17, 15) is 25.5 Å². The van der Waals surface area contributed by atoms with Gasteiger partial charge < -0.3 is 35.6 Å². The number of nitrogens with zero attached hydrogens (tertiary/aromatic N) is 6. The molecule has 262 valence electrons. The smallest absolute Gasteiger partial charge is 0.691 e. The van der Waals surface area contributed by atoms with Crippen molar-refractivity contribution in [3.63, 3.8) is 0 Å². The molecule has 17 nitrogen and oxygen atoms in total. The molecule has 5 aromatic carbocycles. The first-order valence-corrected chi connectivity index (χ1v) is 16.0. The number of phenolic OH excluding ortho intramolecular Hbond substituents is 1. The predicted molar refractivity (Wildman–Crippen MR) is 178 cm³/mol. The minimum absolute atomic E-state index is 0. The van der Waals surface area contributed by atoms with Crippen LogP contribution in [-0.4, -0.2) is 24.4 Å². The number of carbonyl (C=O) groups is 1. The third-order valence-corrected chi connectivity index (χ3v) is 7.76. The minimum Gasteiger partial charge on any atom is -0.691 e. The minimum atomic E-state index is -1.18. The monoisotopic (exact) mass is 799 g/mol. The number of azo groups is 3. The average molecular weight is 800 g/mol. The van der Waals surface area contributed by atoms with E-state index in [1.165, 1.54) is 0 Å². The van der Waals surface area contributed by atoms with E-state index in [0.29, 0.717) is 56.1 Å². The molecule has 0 aliphatic heterocycles. The van der Waals surface area contributed by atoms with Crippen LogP contribution in [0.5, 0.6) is 5.75 Å². The standard InChI is InChI=1S/C32H27N7O10S2.3Na/c40-30(41)15-16-45-19-33-21-1-3-22(4-2-21)36-38-26-11-14-28-20(17-26)18-29(51-49-47-44)31(32(28)42)39-37-24-7-5-23(6-8-24)34-35-25-9-12-27(13-10-25)50-48-46-43;;;/h1-14,17-18,33,42-44H,15-16,19H2,(H,40,41);;;/q;3*+1/p-3.